The number of fused-ring (bicyclic) bond motifs is 1. The second kappa shape index (κ2) is 5.80. The van der Waals surface area contributed by atoms with Crippen LogP contribution >= 0.6 is 0 Å². The van der Waals surface area contributed by atoms with Gasteiger partial charge in [0.2, 0.25) is 15.9 Å². The summed E-state index contributed by atoms with van der Waals surface area (Å²) in [6, 6.07) is 2.65. The molecule has 21 heavy (non-hydrogen) atoms. The molecule has 9 heteroatoms. The number of amides is 1. The standard InChI is InChI=1S/C12H14N2O6S/c15-4-3-10(12(17)18)14-21(19,20)8-1-2-9-7(5-8)6-11(16)13-9/h1-2,5,10,14-15H,3-4,6H2,(H,13,16)(H,17,18)/t10-/m1/s1. The van der Waals surface area contributed by atoms with E-state index in [9.17, 15) is 18.0 Å². The van der Waals surface area contributed by atoms with E-state index < -0.39 is 28.6 Å². The zero-order valence-corrected chi connectivity index (χ0v) is 11.7. The molecular formula is C12H14N2O6S. The smallest absolute Gasteiger partial charge is 0.321 e. The average Bonchev–Trinajstić information content (AvgIpc) is 2.76. The number of rotatable bonds is 6. The molecule has 1 amide bonds. The van der Waals surface area contributed by atoms with Gasteiger partial charge >= 0.3 is 5.97 Å². The number of carbonyl (C=O) groups excluding carboxylic acids is 1. The summed E-state index contributed by atoms with van der Waals surface area (Å²) < 4.78 is 26.3. The van der Waals surface area contributed by atoms with Crippen molar-refractivity contribution in [3.63, 3.8) is 0 Å². The molecule has 0 aromatic heterocycles. The summed E-state index contributed by atoms with van der Waals surface area (Å²) in [5, 5.41) is 20.3. The van der Waals surface area contributed by atoms with Gasteiger partial charge in [-0.1, -0.05) is 0 Å². The first-order chi connectivity index (χ1) is 9.83. The monoisotopic (exact) mass is 314 g/mol. The van der Waals surface area contributed by atoms with Crippen LogP contribution in [0.15, 0.2) is 23.1 Å². The second-order valence-corrected chi connectivity index (χ2v) is 6.28. The number of hydrogen-bond acceptors (Lipinski definition) is 5. The van der Waals surface area contributed by atoms with Crippen LogP contribution in [-0.4, -0.2) is 43.2 Å². The Morgan fingerprint density at radius 2 is 2.14 bits per heavy atom. The Hall–Kier alpha value is -1.97. The summed E-state index contributed by atoms with van der Waals surface area (Å²) in [5.74, 6) is -1.60. The van der Waals surface area contributed by atoms with Gasteiger partial charge in [-0.3, -0.25) is 9.59 Å². The van der Waals surface area contributed by atoms with Crippen molar-refractivity contribution in [1.82, 2.24) is 4.72 Å². The van der Waals surface area contributed by atoms with Crippen LogP contribution in [0.1, 0.15) is 12.0 Å². The molecule has 1 aliphatic rings. The summed E-state index contributed by atoms with van der Waals surface area (Å²) in [5.41, 5.74) is 1.08. The van der Waals surface area contributed by atoms with E-state index >= 15 is 0 Å². The lowest BCUT2D eigenvalue weighted by Gasteiger charge is -2.14. The van der Waals surface area contributed by atoms with Crippen LogP contribution < -0.4 is 10.0 Å². The average molecular weight is 314 g/mol. The maximum absolute atomic E-state index is 12.1. The summed E-state index contributed by atoms with van der Waals surface area (Å²) >= 11 is 0. The van der Waals surface area contributed by atoms with Crippen LogP contribution in [0.3, 0.4) is 0 Å². The maximum Gasteiger partial charge on any atom is 0.321 e. The fourth-order valence-electron chi connectivity index (χ4n) is 1.99. The Morgan fingerprint density at radius 1 is 1.43 bits per heavy atom. The molecule has 0 fully saturated rings. The first-order valence-electron chi connectivity index (χ1n) is 6.12. The molecule has 0 saturated carbocycles. The molecule has 8 nitrogen and oxygen atoms in total. The van der Waals surface area contributed by atoms with E-state index in [2.05, 4.69) is 5.32 Å². The van der Waals surface area contributed by atoms with Crippen molar-refractivity contribution < 1.29 is 28.2 Å². The van der Waals surface area contributed by atoms with Crippen LogP contribution in [0.2, 0.25) is 0 Å². The lowest BCUT2D eigenvalue weighted by atomic mass is 10.2. The highest BCUT2D eigenvalue weighted by molar-refractivity contribution is 7.89. The first kappa shape index (κ1) is 15.4. The van der Waals surface area contributed by atoms with Crippen LogP contribution in [-0.2, 0) is 26.0 Å². The largest absolute Gasteiger partial charge is 0.480 e. The lowest BCUT2D eigenvalue weighted by molar-refractivity contribution is -0.139. The predicted octanol–water partition coefficient (Wildman–Crippen LogP) is -0.705. The SMILES string of the molecule is O=C1Cc2cc(S(=O)(=O)N[C@H](CCO)C(=O)O)ccc2N1. The maximum atomic E-state index is 12.1. The van der Waals surface area contributed by atoms with Gasteiger partial charge in [-0.2, -0.15) is 4.72 Å². The number of benzene rings is 1. The highest BCUT2D eigenvalue weighted by Crippen LogP contribution is 2.25. The van der Waals surface area contributed by atoms with Gasteiger partial charge in [-0.15, -0.1) is 0 Å². The molecule has 1 aliphatic heterocycles. The molecule has 0 spiro atoms. The Labute approximate surface area is 120 Å². The number of aliphatic hydroxyl groups is 1. The third-order valence-corrected chi connectivity index (χ3v) is 4.49. The summed E-state index contributed by atoms with van der Waals surface area (Å²) in [6.07, 6.45) is -0.156. The number of carboxylic acids is 1. The Morgan fingerprint density at radius 3 is 2.76 bits per heavy atom. The molecule has 0 unspecified atom stereocenters. The van der Waals surface area contributed by atoms with Crippen molar-refractivity contribution in [2.75, 3.05) is 11.9 Å². The van der Waals surface area contributed by atoms with E-state index in [4.69, 9.17) is 10.2 Å². The van der Waals surface area contributed by atoms with Crippen molar-refractivity contribution in [2.45, 2.75) is 23.8 Å². The van der Waals surface area contributed by atoms with Gasteiger partial charge in [-0.25, -0.2) is 8.42 Å². The van der Waals surface area contributed by atoms with Gasteiger partial charge < -0.3 is 15.5 Å². The number of carbonyl (C=O) groups is 2. The van der Waals surface area contributed by atoms with Gasteiger partial charge in [0.25, 0.3) is 0 Å². The van der Waals surface area contributed by atoms with Gasteiger partial charge in [-0.05, 0) is 30.2 Å². The zero-order valence-electron chi connectivity index (χ0n) is 10.9. The normalized spacial score (nSPS) is 15.4. The topological polar surface area (TPSA) is 133 Å². The Bertz CT molecular complexity index is 685. The number of anilines is 1. The number of aliphatic carboxylic acids is 1. The molecule has 114 valence electrons. The molecule has 1 atom stereocenters. The summed E-state index contributed by atoms with van der Waals surface area (Å²) in [6.45, 7) is -0.456. The van der Waals surface area contributed by atoms with Gasteiger partial charge in [0.05, 0.1) is 11.3 Å². The molecule has 1 heterocycles. The summed E-state index contributed by atoms with van der Waals surface area (Å²) in [7, 11) is -4.05. The van der Waals surface area contributed by atoms with Crippen LogP contribution in [0.5, 0.6) is 0 Å². The third-order valence-electron chi connectivity index (χ3n) is 3.03. The second-order valence-electron chi connectivity index (χ2n) is 4.57. The first-order valence-corrected chi connectivity index (χ1v) is 7.60. The van der Waals surface area contributed by atoms with Crippen molar-refractivity contribution in [3.8, 4) is 0 Å². The Balaban J connectivity index is 2.26. The number of carboxylic acid groups (broad SMARTS) is 1. The van der Waals surface area contributed by atoms with Gasteiger partial charge in [0.1, 0.15) is 6.04 Å². The quantitative estimate of drug-likeness (QED) is 0.548. The van der Waals surface area contributed by atoms with Crippen molar-refractivity contribution in [3.05, 3.63) is 23.8 Å². The molecule has 1 aromatic rings. The third kappa shape index (κ3) is 3.38. The minimum Gasteiger partial charge on any atom is -0.480 e. The summed E-state index contributed by atoms with van der Waals surface area (Å²) in [4.78, 5) is 22.0. The van der Waals surface area contributed by atoms with E-state index in [1.54, 1.807) is 0 Å². The zero-order chi connectivity index (χ0) is 15.6. The van der Waals surface area contributed by atoms with Gasteiger partial charge in [0, 0.05) is 12.3 Å². The number of aliphatic hydroxyl groups excluding tert-OH is 1. The molecule has 0 bridgehead atoms. The lowest BCUT2D eigenvalue weighted by Crippen LogP contribution is -2.41. The van der Waals surface area contributed by atoms with Gasteiger partial charge in [0.15, 0.2) is 0 Å². The Kier molecular flexibility index (Phi) is 4.26. The molecule has 1 aromatic carbocycles. The molecule has 0 aliphatic carbocycles. The van der Waals surface area contributed by atoms with E-state index in [1.165, 1.54) is 18.2 Å². The highest BCUT2D eigenvalue weighted by Gasteiger charge is 2.26. The van der Waals surface area contributed by atoms with Crippen molar-refractivity contribution >= 4 is 27.6 Å². The molecule has 2 rings (SSSR count). The van der Waals surface area contributed by atoms with Crippen LogP contribution in [0.4, 0.5) is 5.69 Å². The van der Waals surface area contributed by atoms with Crippen molar-refractivity contribution in [1.29, 1.82) is 0 Å². The van der Waals surface area contributed by atoms with E-state index in [0.717, 1.165) is 0 Å². The molecule has 4 N–H and O–H groups in total. The van der Waals surface area contributed by atoms with E-state index in [-0.39, 0.29) is 23.6 Å². The number of hydrogen-bond donors (Lipinski definition) is 4. The highest BCUT2D eigenvalue weighted by atomic mass is 32.2. The minimum absolute atomic E-state index is 0.0810. The predicted molar refractivity (Wildman–Crippen MR) is 72.2 cm³/mol. The molecule has 0 radical (unpaired) electrons. The van der Waals surface area contributed by atoms with E-state index in [0.29, 0.717) is 11.3 Å². The fraction of sp³-hybridized carbons (Fsp3) is 0.333. The molecule has 0 saturated heterocycles. The molecular weight excluding hydrogens is 300 g/mol. The van der Waals surface area contributed by atoms with Crippen molar-refractivity contribution in [2.24, 2.45) is 0 Å². The van der Waals surface area contributed by atoms with E-state index in [1.807, 2.05) is 4.72 Å². The van der Waals surface area contributed by atoms with Crippen LogP contribution in [0.25, 0.3) is 0 Å². The number of sulfonamides is 1. The fourth-order valence-corrected chi connectivity index (χ4v) is 3.26. The minimum atomic E-state index is -4.05. The van der Waals surface area contributed by atoms with Crippen LogP contribution in [0, 0.1) is 0 Å². The number of nitrogens with one attached hydrogen (secondary N) is 2.